The van der Waals surface area contributed by atoms with Gasteiger partial charge in [-0.3, -0.25) is 9.59 Å². The van der Waals surface area contributed by atoms with Gasteiger partial charge in [0, 0.05) is 49.1 Å². The van der Waals surface area contributed by atoms with E-state index in [4.69, 9.17) is 16.3 Å². The molecule has 4 rings (SSSR count). The van der Waals surface area contributed by atoms with Crippen molar-refractivity contribution in [1.29, 1.82) is 0 Å². The van der Waals surface area contributed by atoms with E-state index in [1.54, 1.807) is 4.90 Å². The van der Waals surface area contributed by atoms with E-state index < -0.39 is 0 Å². The average Bonchev–Trinajstić information content (AvgIpc) is 2.90. The Morgan fingerprint density at radius 2 is 1.65 bits per heavy atom. The van der Waals surface area contributed by atoms with Gasteiger partial charge in [-0.1, -0.05) is 59.6 Å². The molecule has 3 aromatic rings. The first-order chi connectivity index (χ1) is 17.7. The van der Waals surface area contributed by atoms with Crippen LogP contribution in [0.1, 0.15) is 46.3 Å². The van der Waals surface area contributed by atoms with Gasteiger partial charge in [-0.25, -0.2) is 0 Å². The average molecular weight is 519 g/mol. The summed E-state index contributed by atoms with van der Waals surface area (Å²) in [5.41, 5.74) is 3.51. The number of halogens is 1. The molecular formula is C31H35ClN2O3. The van der Waals surface area contributed by atoms with Gasteiger partial charge in [0.05, 0.1) is 6.61 Å². The topological polar surface area (TPSA) is 49.9 Å². The highest BCUT2D eigenvalue weighted by Crippen LogP contribution is 2.37. The van der Waals surface area contributed by atoms with Gasteiger partial charge in [0.25, 0.3) is 5.91 Å². The SMILES string of the molecule is Cc1ccc(C(=O)N2CCC(COc3ccc(Cl)c(C)c3)(CC(=O)N(C)Cc3ccccc3)CC2)cc1. The third kappa shape index (κ3) is 6.92. The zero-order chi connectivity index (χ0) is 26.4. The summed E-state index contributed by atoms with van der Waals surface area (Å²) in [6, 6.07) is 23.3. The number of hydrogen-bond donors (Lipinski definition) is 0. The Bertz CT molecular complexity index is 1220. The van der Waals surface area contributed by atoms with E-state index in [9.17, 15) is 9.59 Å². The molecule has 37 heavy (non-hydrogen) atoms. The number of carbonyl (C=O) groups is 2. The van der Waals surface area contributed by atoms with Gasteiger partial charge in [0.15, 0.2) is 0 Å². The van der Waals surface area contributed by atoms with Crippen molar-refractivity contribution in [2.24, 2.45) is 5.41 Å². The van der Waals surface area contributed by atoms with Crippen molar-refractivity contribution >= 4 is 23.4 Å². The zero-order valence-corrected chi connectivity index (χ0v) is 22.6. The van der Waals surface area contributed by atoms with Crippen LogP contribution in [0.15, 0.2) is 72.8 Å². The first-order valence-corrected chi connectivity index (χ1v) is 13.2. The van der Waals surface area contributed by atoms with E-state index in [1.165, 1.54) is 0 Å². The molecule has 6 heteroatoms. The van der Waals surface area contributed by atoms with Crippen LogP contribution in [0.3, 0.4) is 0 Å². The highest BCUT2D eigenvalue weighted by atomic mass is 35.5. The maximum absolute atomic E-state index is 13.4. The van der Waals surface area contributed by atoms with Gasteiger partial charge in [-0.15, -0.1) is 0 Å². The molecular weight excluding hydrogens is 484 g/mol. The summed E-state index contributed by atoms with van der Waals surface area (Å²) in [6.07, 6.45) is 1.76. The maximum atomic E-state index is 13.4. The number of rotatable bonds is 8. The fraction of sp³-hybridized carbons (Fsp3) is 0.355. The molecule has 0 radical (unpaired) electrons. The van der Waals surface area contributed by atoms with Crippen LogP contribution in [0, 0.1) is 19.3 Å². The molecule has 1 aliphatic rings. The third-order valence-corrected chi connectivity index (χ3v) is 7.72. The molecule has 1 aliphatic heterocycles. The minimum atomic E-state index is -0.361. The number of benzene rings is 3. The van der Waals surface area contributed by atoms with E-state index in [1.807, 2.05) is 98.6 Å². The zero-order valence-electron chi connectivity index (χ0n) is 21.9. The summed E-state index contributed by atoms with van der Waals surface area (Å²) in [5, 5.41) is 0.697. The fourth-order valence-electron chi connectivity index (χ4n) is 4.78. The lowest BCUT2D eigenvalue weighted by Gasteiger charge is -2.42. The van der Waals surface area contributed by atoms with Crippen LogP contribution in [-0.4, -0.2) is 48.4 Å². The summed E-state index contributed by atoms with van der Waals surface area (Å²) in [7, 11) is 1.85. The highest BCUT2D eigenvalue weighted by molar-refractivity contribution is 6.31. The number of carbonyl (C=O) groups excluding carboxylic acids is 2. The Morgan fingerprint density at radius 3 is 2.30 bits per heavy atom. The van der Waals surface area contributed by atoms with Crippen LogP contribution >= 0.6 is 11.6 Å². The molecule has 0 spiro atoms. The number of nitrogens with zero attached hydrogens (tertiary/aromatic N) is 2. The molecule has 1 saturated heterocycles. The predicted octanol–water partition coefficient (Wildman–Crippen LogP) is 6.31. The fourth-order valence-corrected chi connectivity index (χ4v) is 4.90. The lowest BCUT2D eigenvalue weighted by molar-refractivity contribution is -0.134. The standard InChI is InChI=1S/C31H35ClN2O3/c1-23-9-11-26(12-10-23)30(36)34-17-15-31(16-18-34,22-37-27-13-14-28(32)24(2)19-27)20-29(35)33(3)21-25-7-5-4-6-8-25/h4-14,19H,15-18,20-22H2,1-3H3. The summed E-state index contributed by atoms with van der Waals surface area (Å²) >= 11 is 6.19. The molecule has 0 N–H and O–H groups in total. The van der Waals surface area contributed by atoms with Gasteiger partial charge in [0.1, 0.15) is 5.75 Å². The van der Waals surface area contributed by atoms with Crippen molar-refractivity contribution < 1.29 is 14.3 Å². The lowest BCUT2D eigenvalue weighted by Crippen LogP contribution is -2.47. The molecule has 3 aromatic carbocycles. The number of aryl methyl sites for hydroxylation is 2. The minimum Gasteiger partial charge on any atom is -0.493 e. The van der Waals surface area contributed by atoms with Crippen molar-refractivity contribution in [3.05, 3.63) is 100 Å². The monoisotopic (exact) mass is 518 g/mol. The Morgan fingerprint density at radius 1 is 0.973 bits per heavy atom. The largest absolute Gasteiger partial charge is 0.493 e. The van der Waals surface area contributed by atoms with Gasteiger partial charge < -0.3 is 14.5 Å². The number of ether oxygens (including phenoxy) is 1. The van der Waals surface area contributed by atoms with Crippen LogP contribution in [0.2, 0.25) is 5.02 Å². The minimum absolute atomic E-state index is 0.0374. The first-order valence-electron chi connectivity index (χ1n) is 12.8. The Balaban J connectivity index is 1.46. The molecule has 0 unspecified atom stereocenters. The number of amides is 2. The van der Waals surface area contributed by atoms with E-state index >= 15 is 0 Å². The van der Waals surface area contributed by atoms with Crippen LogP contribution in [-0.2, 0) is 11.3 Å². The molecule has 2 amide bonds. The van der Waals surface area contributed by atoms with Crippen molar-refractivity contribution in [2.75, 3.05) is 26.7 Å². The van der Waals surface area contributed by atoms with Crippen molar-refractivity contribution in [2.45, 2.75) is 39.7 Å². The summed E-state index contributed by atoms with van der Waals surface area (Å²) < 4.78 is 6.24. The molecule has 0 aliphatic carbocycles. The van der Waals surface area contributed by atoms with Gasteiger partial charge in [-0.05, 0) is 68.1 Å². The molecule has 1 fully saturated rings. The highest BCUT2D eigenvalue weighted by Gasteiger charge is 2.39. The molecule has 0 saturated carbocycles. The van der Waals surface area contributed by atoms with Gasteiger partial charge in [0.2, 0.25) is 5.91 Å². The second-order valence-corrected chi connectivity index (χ2v) is 10.7. The smallest absolute Gasteiger partial charge is 0.253 e. The van der Waals surface area contributed by atoms with Crippen LogP contribution < -0.4 is 4.74 Å². The number of likely N-dealkylation sites (tertiary alicyclic amines) is 1. The predicted molar refractivity (Wildman–Crippen MR) is 148 cm³/mol. The van der Waals surface area contributed by atoms with Gasteiger partial charge >= 0.3 is 0 Å². The van der Waals surface area contributed by atoms with E-state index in [-0.39, 0.29) is 17.2 Å². The Kier molecular flexibility index (Phi) is 8.55. The molecule has 1 heterocycles. The van der Waals surface area contributed by atoms with E-state index in [2.05, 4.69) is 0 Å². The van der Waals surface area contributed by atoms with E-state index in [0.29, 0.717) is 56.1 Å². The number of piperidine rings is 1. The quantitative estimate of drug-likeness (QED) is 0.351. The third-order valence-electron chi connectivity index (χ3n) is 7.30. The van der Waals surface area contributed by atoms with Crippen molar-refractivity contribution in [3.8, 4) is 5.75 Å². The van der Waals surface area contributed by atoms with Crippen LogP contribution in [0.25, 0.3) is 0 Å². The summed E-state index contributed by atoms with van der Waals surface area (Å²) in [5.74, 6) is 0.859. The summed E-state index contributed by atoms with van der Waals surface area (Å²) in [6.45, 7) is 6.10. The van der Waals surface area contributed by atoms with Crippen LogP contribution in [0.5, 0.6) is 5.75 Å². The second kappa shape index (κ2) is 11.8. The molecule has 0 aromatic heterocycles. The molecule has 0 bridgehead atoms. The molecule has 0 atom stereocenters. The number of hydrogen-bond acceptors (Lipinski definition) is 3. The maximum Gasteiger partial charge on any atom is 0.253 e. The molecule has 194 valence electrons. The Hall–Kier alpha value is -3.31. The first kappa shape index (κ1) is 26.7. The normalized spacial score (nSPS) is 14.8. The summed E-state index contributed by atoms with van der Waals surface area (Å²) in [4.78, 5) is 30.2. The van der Waals surface area contributed by atoms with Gasteiger partial charge in [-0.2, -0.15) is 0 Å². The van der Waals surface area contributed by atoms with Crippen molar-refractivity contribution in [1.82, 2.24) is 9.80 Å². The van der Waals surface area contributed by atoms with Crippen molar-refractivity contribution in [3.63, 3.8) is 0 Å². The van der Waals surface area contributed by atoms with Crippen LogP contribution in [0.4, 0.5) is 0 Å². The molecule has 5 nitrogen and oxygen atoms in total. The van der Waals surface area contributed by atoms with E-state index in [0.717, 1.165) is 22.4 Å². The second-order valence-electron chi connectivity index (χ2n) is 10.3. The Labute approximate surface area is 225 Å². The lowest BCUT2D eigenvalue weighted by atomic mass is 9.75.